The first-order chi connectivity index (χ1) is 37.4. The zero-order chi connectivity index (χ0) is 56.4. The molecule has 3 unspecified atom stereocenters. The van der Waals surface area contributed by atoms with Crippen LogP contribution in [0.5, 0.6) is 0 Å². The zero-order valence-corrected chi connectivity index (χ0v) is 50.8. The Labute approximate surface area is 473 Å². The number of esters is 1. The van der Waals surface area contributed by atoms with Gasteiger partial charge < -0.3 is 28.5 Å². The predicted molar refractivity (Wildman–Crippen MR) is 330 cm³/mol. The van der Waals surface area contributed by atoms with Crippen molar-refractivity contribution in [2.24, 2.45) is 0 Å². The topological polar surface area (TPSA) is 114 Å². The minimum Gasteiger partial charge on any atom is -0.756 e. The molecule has 9 nitrogen and oxygen atoms in total. The second kappa shape index (κ2) is 55.5. The molecule has 1 amide bonds. The van der Waals surface area contributed by atoms with Crippen LogP contribution in [0.1, 0.15) is 226 Å². The molecule has 0 heterocycles. The molecule has 0 aromatic heterocycles. The van der Waals surface area contributed by atoms with Crippen molar-refractivity contribution < 1.29 is 37.3 Å². The van der Waals surface area contributed by atoms with E-state index in [1.807, 2.05) is 27.2 Å². The summed E-state index contributed by atoms with van der Waals surface area (Å²) in [4.78, 5) is 39.9. The number of allylic oxidation sites excluding steroid dienone is 21. The number of quaternary nitrogens is 1. The average Bonchev–Trinajstić information content (AvgIpc) is 3.39. The van der Waals surface area contributed by atoms with E-state index >= 15 is 0 Å². The Morgan fingerprint density at radius 1 is 0.468 bits per heavy atom. The Balaban J connectivity index is 5.49. The minimum atomic E-state index is -4.73. The van der Waals surface area contributed by atoms with Gasteiger partial charge in [0.1, 0.15) is 19.3 Å². The summed E-state index contributed by atoms with van der Waals surface area (Å²) in [6, 6.07) is -0.943. The van der Waals surface area contributed by atoms with Gasteiger partial charge in [0.05, 0.1) is 33.8 Å². The summed E-state index contributed by atoms with van der Waals surface area (Å²) in [7, 11) is 1.11. The maximum Gasteiger partial charge on any atom is 0.306 e. The van der Waals surface area contributed by atoms with E-state index in [4.69, 9.17) is 13.8 Å². The second-order valence-electron chi connectivity index (χ2n) is 21.1. The molecule has 0 rings (SSSR count). The molecule has 77 heavy (non-hydrogen) atoms. The number of hydrogen-bond acceptors (Lipinski definition) is 7. The van der Waals surface area contributed by atoms with Gasteiger partial charge >= 0.3 is 5.97 Å². The summed E-state index contributed by atoms with van der Waals surface area (Å²) >= 11 is 0. The van der Waals surface area contributed by atoms with E-state index in [1.165, 1.54) is 83.5 Å². The van der Waals surface area contributed by atoms with Crippen molar-refractivity contribution in [3.63, 3.8) is 0 Å². The molecule has 0 fully saturated rings. The molecular formula is C67H113N2O7P. The molecule has 0 radical (unpaired) electrons. The summed E-state index contributed by atoms with van der Waals surface area (Å²) in [5.74, 6) is -0.668. The van der Waals surface area contributed by atoms with Gasteiger partial charge in [-0.3, -0.25) is 14.2 Å². The van der Waals surface area contributed by atoms with Crippen molar-refractivity contribution in [2.75, 3.05) is 40.9 Å². The van der Waals surface area contributed by atoms with Crippen molar-refractivity contribution in [1.29, 1.82) is 0 Å². The Hall–Kier alpha value is -3.85. The van der Waals surface area contributed by atoms with Gasteiger partial charge in [-0.25, -0.2) is 0 Å². The molecule has 3 atom stereocenters. The zero-order valence-electron chi connectivity index (χ0n) is 49.9. The lowest BCUT2D eigenvalue weighted by atomic mass is 10.0. The third-order valence-electron chi connectivity index (χ3n) is 12.6. The maximum absolute atomic E-state index is 13.5. The van der Waals surface area contributed by atoms with Crippen LogP contribution in [0.25, 0.3) is 0 Å². The number of amides is 1. The van der Waals surface area contributed by atoms with E-state index in [0.29, 0.717) is 23.9 Å². The highest BCUT2D eigenvalue weighted by Gasteiger charge is 2.27. The van der Waals surface area contributed by atoms with Crippen LogP contribution in [0.4, 0.5) is 0 Å². The molecule has 0 aromatic carbocycles. The standard InChI is InChI=1S/C67H113N2O7P/c1-7-10-13-16-19-22-25-28-30-32-33-34-35-37-38-41-44-47-50-53-56-59-66(70)68-64(63-75-77(72,73)74-62-61-69(4,5)6)65(58-55-52-49-46-43-40-27-24-21-18-15-12-9-3)76-67(71)60-57-54-51-48-45-42-39-36-31-29-26-23-20-17-14-11-8-2/h10,13,19-20,22-23,28-31,33-34,37-39,42,44,47-48,51,55,58,64-65H,7-9,11-12,14-18,21,24-27,32,35-36,40-41,43,45-46,49-50,52-54,56-57,59-63H2,1-6H3,(H-,68,70,72,73)/b13-10-,22-19-,23-20-,30-28-,31-29-,34-33-,38-37-,42-39-,47-44-,51-48-,58-55-. The minimum absolute atomic E-state index is 0.0468. The average molecular weight is 1090 g/mol. The number of nitrogens with zero attached hydrogens (tertiary/aromatic N) is 1. The third-order valence-corrected chi connectivity index (χ3v) is 13.5. The normalized spacial score (nSPS) is 14.6. The van der Waals surface area contributed by atoms with Gasteiger partial charge in [0.25, 0.3) is 7.82 Å². The molecule has 0 saturated heterocycles. The van der Waals surface area contributed by atoms with E-state index in [0.717, 1.165) is 96.3 Å². The number of phosphoric ester groups is 1. The summed E-state index contributed by atoms with van der Waals surface area (Å²) in [5, 5.41) is 2.98. The maximum atomic E-state index is 13.5. The number of rotatable bonds is 53. The highest BCUT2D eigenvalue weighted by molar-refractivity contribution is 7.45. The Bertz CT molecular complexity index is 1780. The van der Waals surface area contributed by atoms with Gasteiger partial charge in [-0.1, -0.05) is 225 Å². The Morgan fingerprint density at radius 2 is 0.844 bits per heavy atom. The van der Waals surface area contributed by atoms with Crippen LogP contribution >= 0.6 is 7.82 Å². The molecular weight excluding hydrogens is 976 g/mol. The van der Waals surface area contributed by atoms with Gasteiger partial charge in [-0.05, 0) is 122 Å². The quantitative estimate of drug-likeness (QED) is 0.0212. The van der Waals surface area contributed by atoms with Crippen LogP contribution in [0.2, 0.25) is 0 Å². The molecule has 1 N–H and O–H groups in total. The van der Waals surface area contributed by atoms with Crippen LogP contribution < -0.4 is 10.2 Å². The summed E-state index contributed by atoms with van der Waals surface area (Å²) in [5.41, 5.74) is 0. The van der Waals surface area contributed by atoms with Gasteiger partial charge in [-0.2, -0.15) is 0 Å². The SMILES string of the molecule is CC/C=C\C/C=C\C/C=C\C/C=C\C/C=C\C/C=C\CCCCC(=O)NC(COP(=O)([O-])OCC[N+](C)(C)C)C(/C=C\CCCCCCCCCCCCC)OC(=O)CCC/C=C\C/C=C\C/C=C\C/C=C\CCCCC. The number of carbonyl (C=O) groups excluding carboxylic acids is 2. The third kappa shape index (κ3) is 56.7. The number of nitrogens with one attached hydrogen (secondary N) is 1. The first-order valence-electron chi connectivity index (χ1n) is 30.5. The van der Waals surface area contributed by atoms with Crippen LogP contribution in [-0.4, -0.2) is 69.4 Å². The van der Waals surface area contributed by atoms with Crippen LogP contribution in [-0.2, 0) is 27.9 Å². The van der Waals surface area contributed by atoms with E-state index in [-0.39, 0.29) is 25.4 Å². The fourth-order valence-corrected chi connectivity index (χ4v) is 8.59. The summed E-state index contributed by atoms with van der Waals surface area (Å²) < 4.78 is 30.2. The highest BCUT2D eigenvalue weighted by atomic mass is 31.2. The van der Waals surface area contributed by atoms with Crippen molar-refractivity contribution in [2.45, 2.75) is 238 Å². The highest BCUT2D eigenvalue weighted by Crippen LogP contribution is 2.38. The van der Waals surface area contributed by atoms with Gasteiger partial charge in [0.2, 0.25) is 5.91 Å². The molecule has 438 valence electrons. The fourth-order valence-electron chi connectivity index (χ4n) is 7.87. The van der Waals surface area contributed by atoms with Crippen molar-refractivity contribution in [3.8, 4) is 0 Å². The van der Waals surface area contributed by atoms with E-state index in [2.05, 4.69) is 148 Å². The molecule has 0 aliphatic rings. The van der Waals surface area contributed by atoms with E-state index in [9.17, 15) is 19.0 Å². The molecule has 0 aliphatic carbocycles. The molecule has 0 bridgehead atoms. The fraction of sp³-hybridized carbons (Fsp3) is 0.642. The number of ether oxygens (including phenoxy) is 1. The van der Waals surface area contributed by atoms with Crippen LogP contribution in [0.3, 0.4) is 0 Å². The lowest BCUT2D eigenvalue weighted by Crippen LogP contribution is -2.47. The Morgan fingerprint density at radius 3 is 1.30 bits per heavy atom. The van der Waals surface area contributed by atoms with Gasteiger partial charge in [0.15, 0.2) is 0 Å². The number of phosphoric acid groups is 1. The second-order valence-corrected chi connectivity index (χ2v) is 22.5. The van der Waals surface area contributed by atoms with Crippen molar-refractivity contribution >= 4 is 19.7 Å². The van der Waals surface area contributed by atoms with Crippen LogP contribution in [0, 0.1) is 0 Å². The van der Waals surface area contributed by atoms with Crippen LogP contribution in [0.15, 0.2) is 134 Å². The van der Waals surface area contributed by atoms with E-state index < -0.39 is 32.5 Å². The summed E-state index contributed by atoms with van der Waals surface area (Å²) in [6.45, 7) is 6.61. The van der Waals surface area contributed by atoms with Gasteiger partial charge in [0, 0.05) is 12.8 Å². The first kappa shape index (κ1) is 73.2. The predicted octanol–water partition coefficient (Wildman–Crippen LogP) is 18.3. The lowest BCUT2D eigenvalue weighted by Gasteiger charge is -2.30. The lowest BCUT2D eigenvalue weighted by molar-refractivity contribution is -0.870. The van der Waals surface area contributed by atoms with Gasteiger partial charge in [-0.15, -0.1) is 0 Å². The van der Waals surface area contributed by atoms with E-state index in [1.54, 1.807) is 6.08 Å². The Kier molecular flexibility index (Phi) is 52.7. The number of likely N-dealkylation sites (N-methyl/N-ethyl adjacent to an activating group) is 1. The number of hydrogen-bond donors (Lipinski definition) is 1. The molecule has 0 aliphatic heterocycles. The molecule has 0 saturated carbocycles. The molecule has 10 heteroatoms. The molecule has 0 aromatic rings. The smallest absolute Gasteiger partial charge is 0.306 e. The number of unbranched alkanes of at least 4 members (excludes halogenated alkanes) is 17. The van der Waals surface area contributed by atoms with Crippen molar-refractivity contribution in [3.05, 3.63) is 134 Å². The summed E-state index contributed by atoms with van der Waals surface area (Å²) in [6.07, 6.45) is 78.6. The molecule has 0 spiro atoms. The van der Waals surface area contributed by atoms with Crippen molar-refractivity contribution in [1.82, 2.24) is 5.32 Å². The monoisotopic (exact) mass is 1090 g/mol. The first-order valence-corrected chi connectivity index (χ1v) is 32.0. The largest absolute Gasteiger partial charge is 0.756 e. The number of carbonyl (C=O) groups is 2.